The Balaban J connectivity index is 2.07. The molecule has 0 bridgehead atoms. The third kappa shape index (κ3) is 1.52. The molecule has 5 heteroatoms. The zero-order valence-corrected chi connectivity index (χ0v) is 9.19. The monoisotopic (exact) mass is 229 g/mol. The van der Waals surface area contributed by atoms with Crippen LogP contribution in [-0.4, -0.2) is 10.8 Å². The van der Waals surface area contributed by atoms with Crippen LogP contribution < -0.4 is 10.9 Å². The number of hydrogen-bond donors (Lipinski definition) is 3. The van der Waals surface area contributed by atoms with Gasteiger partial charge in [0.25, 0.3) is 0 Å². The fraction of sp³-hybridized carbons (Fsp3) is 0.0833. The van der Waals surface area contributed by atoms with E-state index in [1.54, 1.807) is 18.3 Å². The van der Waals surface area contributed by atoms with Gasteiger partial charge in [0.05, 0.1) is 5.57 Å². The van der Waals surface area contributed by atoms with Crippen LogP contribution in [0.5, 0.6) is 5.75 Å². The van der Waals surface area contributed by atoms with Gasteiger partial charge in [0, 0.05) is 11.8 Å². The highest BCUT2D eigenvalue weighted by atomic mass is 16.7. The number of rotatable bonds is 1. The molecule has 1 aromatic rings. The van der Waals surface area contributed by atoms with Gasteiger partial charge >= 0.3 is 0 Å². The molecule has 3 N–H and O–H groups in total. The lowest BCUT2D eigenvalue weighted by Gasteiger charge is -2.13. The first kappa shape index (κ1) is 9.77. The van der Waals surface area contributed by atoms with Gasteiger partial charge in [0.1, 0.15) is 22.9 Å². The largest absolute Gasteiger partial charge is 0.508 e. The third-order valence-electron chi connectivity index (χ3n) is 2.70. The molecule has 0 saturated carbocycles. The number of hydroxylamine groups is 1. The number of allylic oxidation sites excluding steroid dienone is 2. The molecule has 0 aliphatic carbocycles. The van der Waals surface area contributed by atoms with Gasteiger partial charge < -0.3 is 9.94 Å². The summed E-state index contributed by atoms with van der Waals surface area (Å²) in [7, 11) is 0. The van der Waals surface area contributed by atoms with E-state index >= 15 is 0 Å². The van der Waals surface area contributed by atoms with E-state index in [1.165, 1.54) is 0 Å². The van der Waals surface area contributed by atoms with E-state index in [-0.39, 0.29) is 5.75 Å². The number of hydrazone groups is 1. The molecule has 0 unspecified atom stereocenters. The Morgan fingerprint density at radius 3 is 2.76 bits per heavy atom. The van der Waals surface area contributed by atoms with Gasteiger partial charge in [0.15, 0.2) is 0 Å². The first-order valence-electron chi connectivity index (χ1n) is 5.23. The van der Waals surface area contributed by atoms with Crippen molar-refractivity contribution in [1.29, 1.82) is 0 Å². The summed E-state index contributed by atoms with van der Waals surface area (Å²) in [6.07, 6.45) is 1.75. The summed E-state index contributed by atoms with van der Waals surface area (Å²) in [5, 5.41) is 13.5. The molecule has 2 aliphatic heterocycles. The molecule has 0 atom stereocenters. The standard InChI is InChI=1S/C12H11N3O2/c1-7-11-10(15-17-7)6-13-14-12(11)8-2-4-9(16)5-3-8/h2-6,13,15-16H,1H3. The van der Waals surface area contributed by atoms with Crippen molar-refractivity contribution in [2.24, 2.45) is 5.10 Å². The van der Waals surface area contributed by atoms with E-state index in [4.69, 9.17) is 4.84 Å². The fourth-order valence-electron chi connectivity index (χ4n) is 1.86. The summed E-state index contributed by atoms with van der Waals surface area (Å²) in [6.45, 7) is 1.88. The average molecular weight is 229 g/mol. The number of fused-ring (bicyclic) bond motifs is 1. The fourth-order valence-corrected chi connectivity index (χ4v) is 1.86. The lowest BCUT2D eigenvalue weighted by atomic mass is 9.99. The lowest BCUT2D eigenvalue weighted by molar-refractivity contribution is 0.156. The number of phenolic OH excluding ortho intramolecular Hbond substituents is 1. The summed E-state index contributed by atoms with van der Waals surface area (Å²) in [4.78, 5) is 5.27. The summed E-state index contributed by atoms with van der Waals surface area (Å²) >= 11 is 0. The molecule has 0 fully saturated rings. The zero-order chi connectivity index (χ0) is 11.8. The summed E-state index contributed by atoms with van der Waals surface area (Å²) in [6, 6.07) is 6.90. The normalized spacial score (nSPS) is 17.5. The molecule has 1 aromatic carbocycles. The molecule has 3 rings (SSSR count). The molecule has 2 heterocycles. The second-order valence-corrected chi connectivity index (χ2v) is 3.83. The van der Waals surface area contributed by atoms with Gasteiger partial charge in [0.2, 0.25) is 0 Å². The number of benzene rings is 1. The molecule has 86 valence electrons. The van der Waals surface area contributed by atoms with Crippen molar-refractivity contribution in [2.45, 2.75) is 6.92 Å². The highest BCUT2D eigenvalue weighted by Crippen LogP contribution is 2.27. The highest BCUT2D eigenvalue weighted by molar-refractivity contribution is 6.16. The van der Waals surface area contributed by atoms with Gasteiger partial charge in [-0.1, -0.05) is 0 Å². The first-order chi connectivity index (χ1) is 8.25. The molecular weight excluding hydrogens is 218 g/mol. The maximum atomic E-state index is 9.28. The Kier molecular flexibility index (Phi) is 2.04. The van der Waals surface area contributed by atoms with Crippen LogP contribution >= 0.6 is 0 Å². The quantitative estimate of drug-likeness (QED) is 0.680. The predicted molar refractivity (Wildman–Crippen MR) is 62.8 cm³/mol. The lowest BCUT2D eigenvalue weighted by Crippen LogP contribution is -2.20. The minimum Gasteiger partial charge on any atom is -0.508 e. The molecular formula is C12H11N3O2. The Hall–Kier alpha value is -2.43. The number of nitrogens with zero attached hydrogens (tertiary/aromatic N) is 1. The van der Waals surface area contributed by atoms with Crippen LogP contribution in [0.15, 0.2) is 52.6 Å². The van der Waals surface area contributed by atoms with E-state index in [9.17, 15) is 5.11 Å². The van der Waals surface area contributed by atoms with Crippen LogP contribution in [0, 0.1) is 0 Å². The van der Waals surface area contributed by atoms with E-state index in [0.29, 0.717) is 0 Å². The zero-order valence-electron chi connectivity index (χ0n) is 9.19. The maximum Gasteiger partial charge on any atom is 0.140 e. The van der Waals surface area contributed by atoms with Crippen LogP contribution in [0.2, 0.25) is 0 Å². The topological polar surface area (TPSA) is 65.9 Å². The first-order valence-corrected chi connectivity index (χ1v) is 5.23. The Morgan fingerprint density at radius 2 is 2.00 bits per heavy atom. The van der Waals surface area contributed by atoms with Crippen molar-refractivity contribution in [2.75, 3.05) is 0 Å². The van der Waals surface area contributed by atoms with E-state index in [1.807, 2.05) is 19.1 Å². The van der Waals surface area contributed by atoms with E-state index in [0.717, 1.165) is 28.3 Å². The van der Waals surface area contributed by atoms with Crippen LogP contribution in [0.25, 0.3) is 0 Å². The molecule has 0 spiro atoms. The molecule has 0 radical (unpaired) electrons. The molecule has 0 saturated heterocycles. The molecule has 5 nitrogen and oxygen atoms in total. The summed E-state index contributed by atoms with van der Waals surface area (Å²) in [5.41, 5.74) is 9.16. The molecule has 0 amide bonds. The van der Waals surface area contributed by atoms with Crippen molar-refractivity contribution in [3.05, 3.63) is 53.1 Å². The van der Waals surface area contributed by atoms with Gasteiger partial charge in [-0.25, -0.2) is 5.48 Å². The highest BCUT2D eigenvalue weighted by Gasteiger charge is 2.26. The second kappa shape index (κ2) is 3.55. The van der Waals surface area contributed by atoms with Gasteiger partial charge in [-0.05, 0) is 31.2 Å². The van der Waals surface area contributed by atoms with Crippen molar-refractivity contribution in [1.82, 2.24) is 10.9 Å². The second-order valence-electron chi connectivity index (χ2n) is 3.83. The van der Waals surface area contributed by atoms with E-state index in [2.05, 4.69) is 16.0 Å². The number of aromatic hydroxyl groups is 1. The van der Waals surface area contributed by atoms with E-state index < -0.39 is 0 Å². The van der Waals surface area contributed by atoms with Gasteiger partial charge in [-0.15, -0.1) is 0 Å². The maximum absolute atomic E-state index is 9.28. The molecule has 2 aliphatic rings. The van der Waals surface area contributed by atoms with Crippen LogP contribution in [0.3, 0.4) is 0 Å². The number of hydrogen-bond acceptors (Lipinski definition) is 5. The Morgan fingerprint density at radius 1 is 1.24 bits per heavy atom. The van der Waals surface area contributed by atoms with Crippen molar-refractivity contribution < 1.29 is 9.94 Å². The smallest absolute Gasteiger partial charge is 0.140 e. The van der Waals surface area contributed by atoms with Crippen LogP contribution in [-0.2, 0) is 4.84 Å². The minimum absolute atomic E-state index is 0.236. The summed E-state index contributed by atoms with van der Waals surface area (Å²) in [5.74, 6) is 1.02. The number of phenols is 1. The Labute approximate surface area is 98.1 Å². The third-order valence-corrected chi connectivity index (χ3v) is 2.70. The SMILES string of the molecule is CC1=C2C(=CNN=C2c2ccc(O)cc2)NO1. The van der Waals surface area contributed by atoms with Crippen LogP contribution in [0.4, 0.5) is 0 Å². The van der Waals surface area contributed by atoms with Gasteiger partial charge in [-0.3, -0.25) is 5.43 Å². The van der Waals surface area contributed by atoms with Crippen molar-refractivity contribution in [3.8, 4) is 5.75 Å². The average Bonchev–Trinajstić information content (AvgIpc) is 2.73. The van der Waals surface area contributed by atoms with Crippen molar-refractivity contribution in [3.63, 3.8) is 0 Å². The minimum atomic E-state index is 0.236. The Bertz CT molecular complexity index is 556. The van der Waals surface area contributed by atoms with Gasteiger partial charge in [-0.2, -0.15) is 5.10 Å². The number of nitrogens with one attached hydrogen (secondary N) is 2. The molecule has 17 heavy (non-hydrogen) atoms. The van der Waals surface area contributed by atoms with Crippen molar-refractivity contribution >= 4 is 5.71 Å². The van der Waals surface area contributed by atoms with Crippen LogP contribution in [0.1, 0.15) is 12.5 Å². The summed E-state index contributed by atoms with van der Waals surface area (Å²) < 4.78 is 0. The predicted octanol–water partition coefficient (Wildman–Crippen LogP) is 1.35. The molecule has 0 aromatic heterocycles.